The second-order valence-corrected chi connectivity index (χ2v) is 10.0. The summed E-state index contributed by atoms with van der Waals surface area (Å²) in [4.78, 5) is 28.8. The predicted molar refractivity (Wildman–Crippen MR) is 129 cm³/mol. The molecule has 0 atom stereocenters. The molecule has 1 aliphatic rings. The highest BCUT2D eigenvalue weighted by Crippen LogP contribution is 2.38. The lowest BCUT2D eigenvalue weighted by molar-refractivity contribution is 0.256. The Labute approximate surface area is 197 Å². The number of rotatable bonds is 6. The van der Waals surface area contributed by atoms with E-state index in [0.717, 1.165) is 41.5 Å². The zero-order valence-electron chi connectivity index (χ0n) is 19.2. The van der Waals surface area contributed by atoms with E-state index in [-0.39, 0.29) is 16.5 Å². The standard InChI is InChI=1S/C24H26N4O5S/c1-15(2)28-14-18(8-10-22(28)29)34(31,32)27-24(30)26-23-19-6-4-5-16(19)7-9-20(23)17-11-12-25-21(13-17)33-3/h7-15H,4-6H2,1-3H3,(H2,26,27,30). The van der Waals surface area contributed by atoms with Gasteiger partial charge in [-0.05, 0) is 61.9 Å². The summed E-state index contributed by atoms with van der Waals surface area (Å²) in [6, 6.07) is 8.73. The van der Waals surface area contributed by atoms with Crippen LogP contribution in [0.4, 0.5) is 10.5 Å². The van der Waals surface area contributed by atoms with Crippen molar-refractivity contribution >= 4 is 21.7 Å². The molecular formula is C24H26N4O5S. The largest absolute Gasteiger partial charge is 0.481 e. The Balaban J connectivity index is 1.66. The number of hydrogen-bond acceptors (Lipinski definition) is 6. The Morgan fingerprint density at radius 1 is 1.15 bits per heavy atom. The van der Waals surface area contributed by atoms with Crippen LogP contribution >= 0.6 is 0 Å². The van der Waals surface area contributed by atoms with Gasteiger partial charge in [0.15, 0.2) is 0 Å². The number of amides is 2. The molecule has 0 saturated carbocycles. The van der Waals surface area contributed by atoms with Crippen LogP contribution in [-0.4, -0.2) is 31.1 Å². The third-order valence-electron chi connectivity index (χ3n) is 5.78. The van der Waals surface area contributed by atoms with E-state index in [9.17, 15) is 18.0 Å². The highest BCUT2D eigenvalue weighted by atomic mass is 32.2. The maximum atomic E-state index is 12.9. The first-order valence-corrected chi connectivity index (χ1v) is 12.4. The number of carbonyl (C=O) groups is 1. The molecule has 2 aromatic heterocycles. The van der Waals surface area contributed by atoms with E-state index in [1.54, 1.807) is 32.2 Å². The normalized spacial score (nSPS) is 12.9. The highest BCUT2D eigenvalue weighted by molar-refractivity contribution is 7.90. The molecule has 10 heteroatoms. The van der Waals surface area contributed by atoms with Crippen molar-refractivity contribution in [2.45, 2.75) is 44.0 Å². The molecule has 0 radical (unpaired) electrons. The molecule has 0 aliphatic heterocycles. The molecule has 4 rings (SSSR count). The summed E-state index contributed by atoms with van der Waals surface area (Å²) in [5.41, 5.74) is 3.85. The quantitative estimate of drug-likeness (QED) is 0.555. The number of nitrogens with zero attached hydrogens (tertiary/aromatic N) is 2. The molecule has 2 amide bonds. The first-order chi connectivity index (χ1) is 16.2. The minimum Gasteiger partial charge on any atom is -0.481 e. The van der Waals surface area contributed by atoms with Crippen molar-refractivity contribution < 1.29 is 17.9 Å². The average Bonchev–Trinajstić information content (AvgIpc) is 3.28. The summed E-state index contributed by atoms with van der Waals surface area (Å²) < 4.78 is 34.3. The smallest absolute Gasteiger partial charge is 0.333 e. The Morgan fingerprint density at radius 3 is 2.68 bits per heavy atom. The van der Waals surface area contributed by atoms with Gasteiger partial charge in [0.25, 0.3) is 15.6 Å². The minimum atomic E-state index is -4.21. The number of sulfonamides is 1. The molecule has 2 N–H and O–H groups in total. The molecule has 0 fully saturated rings. The first kappa shape index (κ1) is 23.5. The lowest BCUT2D eigenvalue weighted by atomic mass is 9.98. The van der Waals surface area contributed by atoms with E-state index >= 15 is 0 Å². The topological polar surface area (TPSA) is 119 Å². The second-order valence-electron chi connectivity index (χ2n) is 8.33. The van der Waals surface area contributed by atoms with Crippen molar-refractivity contribution in [3.63, 3.8) is 0 Å². The van der Waals surface area contributed by atoms with Crippen molar-refractivity contribution in [2.75, 3.05) is 12.4 Å². The van der Waals surface area contributed by atoms with Crippen molar-refractivity contribution in [1.29, 1.82) is 0 Å². The van der Waals surface area contributed by atoms with E-state index < -0.39 is 16.1 Å². The molecule has 2 heterocycles. The molecule has 3 aromatic rings. The summed E-state index contributed by atoms with van der Waals surface area (Å²) in [6.45, 7) is 3.53. The molecule has 9 nitrogen and oxygen atoms in total. The van der Waals surface area contributed by atoms with Crippen LogP contribution in [0.1, 0.15) is 37.4 Å². The molecule has 1 aromatic carbocycles. The minimum absolute atomic E-state index is 0.173. The molecule has 0 saturated heterocycles. The number of nitrogens with one attached hydrogen (secondary N) is 2. The summed E-state index contributed by atoms with van der Waals surface area (Å²) >= 11 is 0. The maximum absolute atomic E-state index is 12.9. The number of aryl methyl sites for hydroxylation is 1. The third-order valence-corrected chi connectivity index (χ3v) is 7.10. The number of fused-ring (bicyclic) bond motifs is 1. The van der Waals surface area contributed by atoms with Crippen LogP contribution in [0.15, 0.2) is 58.5 Å². The van der Waals surface area contributed by atoms with Gasteiger partial charge in [0, 0.05) is 36.1 Å². The Morgan fingerprint density at radius 2 is 1.94 bits per heavy atom. The van der Waals surface area contributed by atoms with Gasteiger partial charge in [0.1, 0.15) is 4.90 Å². The van der Waals surface area contributed by atoms with E-state index in [4.69, 9.17) is 4.74 Å². The Kier molecular flexibility index (Phi) is 6.43. The fourth-order valence-corrected chi connectivity index (χ4v) is 5.02. The molecule has 0 unspecified atom stereocenters. The summed E-state index contributed by atoms with van der Waals surface area (Å²) in [6.07, 6.45) is 5.45. The van der Waals surface area contributed by atoms with Gasteiger partial charge in [-0.1, -0.05) is 12.1 Å². The Hall–Kier alpha value is -3.66. The lowest BCUT2D eigenvalue weighted by Crippen LogP contribution is -2.35. The number of carbonyl (C=O) groups excluding carboxylic acids is 1. The summed E-state index contributed by atoms with van der Waals surface area (Å²) in [5, 5.41) is 2.76. The second kappa shape index (κ2) is 9.30. The number of hydrogen-bond donors (Lipinski definition) is 2. The first-order valence-electron chi connectivity index (χ1n) is 10.9. The monoisotopic (exact) mass is 482 g/mol. The van der Waals surface area contributed by atoms with E-state index in [2.05, 4.69) is 15.0 Å². The van der Waals surface area contributed by atoms with Gasteiger partial charge in [-0.3, -0.25) is 4.79 Å². The van der Waals surface area contributed by atoms with E-state index in [0.29, 0.717) is 11.6 Å². The fraction of sp³-hybridized carbons (Fsp3) is 0.292. The van der Waals surface area contributed by atoms with Gasteiger partial charge in [-0.15, -0.1) is 0 Å². The number of benzene rings is 1. The van der Waals surface area contributed by atoms with Gasteiger partial charge in [-0.2, -0.15) is 0 Å². The molecule has 34 heavy (non-hydrogen) atoms. The zero-order chi connectivity index (χ0) is 24.5. The van der Waals surface area contributed by atoms with Gasteiger partial charge < -0.3 is 14.6 Å². The molecule has 178 valence electrons. The molecule has 1 aliphatic carbocycles. The Bertz CT molecular complexity index is 1410. The van der Waals surface area contributed by atoms with Crippen LogP contribution in [0.25, 0.3) is 11.1 Å². The molecule has 0 spiro atoms. The van der Waals surface area contributed by atoms with Gasteiger partial charge in [-0.25, -0.2) is 22.9 Å². The van der Waals surface area contributed by atoms with Crippen LogP contribution in [0, 0.1) is 0 Å². The van der Waals surface area contributed by atoms with Gasteiger partial charge in [0.05, 0.1) is 12.8 Å². The number of ether oxygens (including phenoxy) is 1. The van der Waals surface area contributed by atoms with Crippen molar-refractivity contribution in [2.24, 2.45) is 0 Å². The molecule has 0 bridgehead atoms. The number of aromatic nitrogens is 2. The highest BCUT2D eigenvalue weighted by Gasteiger charge is 2.24. The lowest BCUT2D eigenvalue weighted by Gasteiger charge is -2.17. The van der Waals surface area contributed by atoms with Crippen LogP contribution in [0.2, 0.25) is 0 Å². The third kappa shape index (κ3) is 4.67. The number of methoxy groups -OCH3 is 1. The van der Waals surface area contributed by atoms with Gasteiger partial charge >= 0.3 is 6.03 Å². The van der Waals surface area contributed by atoms with Crippen molar-refractivity contribution in [3.8, 4) is 17.0 Å². The van der Waals surface area contributed by atoms with Crippen LogP contribution in [0.3, 0.4) is 0 Å². The van der Waals surface area contributed by atoms with Crippen molar-refractivity contribution in [1.82, 2.24) is 14.3 Å². The number of anilines is 1. The average molecular weight is 483 g/mol. The zero-order valence-corrected chi connectivity index (χ0v) is 20.0. The van der Waals surface area contributed by atoms with Gasteiger partial charge in [0.2, 0.25) is 5.88 Å². The van der Waals surface area contributed by atoms with Crippen LogP contribution in [0.5, 0.6) is 5.88 Å². The van der Waals surface area contributed by atoms with E-state index in [1.165, 1.54) is 30.0 Å². The summed E-state index contributed by atoms with van der Waals surface area (Å²) in [5.74, 6) is 0.427. The maximum Gasteiger partial charge on any atom is 0.333 e. The molecular weight excluding hydrogens is 456 g/mol. The fourth-order valence-electron chi connectivity index (χ4n) is 4.10. The number of pyridine rings is 2. The SMILES string of the molecule is COc1cc(-c2ccc3c(c2NC(=O)NS(=O)(=O)c2ccc(=O)n(C(C)C)c2)CCC3)ccn1. The van der Waals surface area contributed by atoms with E-state index in [1.807, 2.05) is 12.1 Å². The van der Waals surface area contributed by atoms with Crippen LogP contribution in [-0.2, 0) is 22.9 Å². The number of urea groups is 1. The predicted octanol–water partition coefficient (Wildman–Crippen LogP) is 3.50. The van der Waals surface area contributed by atoms with Crippen molar-refractivity contribution in [3.05, 3.63) is 70.3 Å². The van der Waals surface area contributed by atoms with Crippen LogP contribution < -0.4 is 20.3 Å². The summed E-state index contributed by atoms with van der Waals surface area (Å²) in [7, 11) is -2.68.